The molecule has 100 valence electrons. The number of anilines is 1. The Bertz CT molecular complexity index is 387. The van der Waals surface area contributed by atoms with Crippen molar-refractivity contribution in [1.29, 1.82) is 0 Å². The number of hydrogen-bond donors (Lipinski definition) is 1. The fraction of sp³-hybridized carbons (Fsp3) is 0.571. The molecule has 0 unspecified atom stereocenters. The minimum absolute atomic E-state index is 0.712. The van der Waals surface area contributed by atoms with Crippen molar-refractivity contribution in [3.05, 3.63) is 28.8 Å². The third-order valence-corrected chi connectivity index (χ3v) is 3.74. The molecule has 0 saturated carbocycles. The van der Waals surface area contributed by atoms with Crippen LogP contribution >= 0.6 is 11.6 Å². The van der Waals surface area contributed by atoms with E-state index in [0.717, 1.165) is 25.3 Å². The van der Waals surface area contributed by atoms with Crippen molar-refractivity contribution in [2.24, 2.45) is 0 Å². The topological polar surface area (TPSA) is 32.5 Å². The highest BCUT2D eigenvalue weighted by atomic mass is 35.5. The number of nitrogen functional groups attached to an aromatic ring is 1. The summed E-state index contributed by atoms with van der Waals surface area (Å²) in [5.41, 5.74) is 7.98. The van der Waals surface area contributed by atoms with Crippen LogP contribution in [0.2, 0.25) is 5.02 Å². The van der Waals surface area contributed by atoms with Crippen molar-refractivity contribution in [3.63, 3.8) is 0 Å². The normalized spacial score (nSPS) is 18.1. The number of nitrogens with two attached hydrogens (primary N) is 1. The fourth-order valence-corrected chi connectivity index (χ4v) is 2.62. The first-order valence-electron chi connectivity index (χ1n) is 6.67. The van der Waals surface area contributed by atoms with Gasteiger partial charge in [-0.1, -0.05) is 24.6 Å². The van der Waals surface area contributed by atoms with Crippen LogP contribution in [0.25, 0.3) is 0 Å². The van der Waals surface area contributed by atoms with Crippen molar-refractivity contribution in [2.45, 2.75) is 19.9 Å². The predicted octanol–water partition coefficient (Wildman–Crippen LogP) is 2.45. The van der Waals surface area contributed by atoms with Gasteiger partial charge in [0.15, 0.2) is 0 Å². The molecule has 0 amide bonds. The predicted molar refractivity (Wildman–Crippen MR) is 77.9 cm³/mol. The lowest BCUT2D eigenvalue weighted by Crippen LogP contribution is -2.46. The largest absolute Gasteiger partial charge is 0.398 e. The van der Waals surface area contributed by atoms with E-state index in [4.69, 9.17) is 17.3 Å². The summed E-state index contributed by atoms with van der Waals surface area (Å²) >= 11 is 5.91. The Morgan fingerprint density at radius 3 is 2.44 bits per heavy atom. The van der Waals surface area contributed by atoms with Gasteiger partial charge in [0.2, 0.25) is 0 Å². The van der Waals surface area contributed by atoms with Gasteiger partial charge < -0.3 is 10.6 Å². The minimum Gasteiger partial charge on any atom is -0.398 e. The Kier molecular flexibility index (Phi) is 4.87. The Morgan fingerprint density at radius 1 is 1.17 bits per heavy atom. The molecule has 1 saturated heterocycles. The molecular formula is C14H22ClN3. The van der Waals surface area contributed by atoms with Crippen LogP contribution < -0.4 is 5.73 Å². The van der Waals surface area contributed by atoms with E-state index in [1.165, 1.54) is 31.6 Å². The van der Waals surface area contributed by atoms with Crippen molar-refractivity contribution in [2.75, 3.05) is 38.5 Å². The smallest absolute Gasteiger partial charge is 0.0426 e. The standard InChI is InChI=1S/C14H22ClN3/c1-2-5-17-6-8-18(9-7-17)11-12-3-4-13(15)10-14(12)16/h3-4,10H,2,5-9,11,16H2,1H3. The summed E-state index contributed by atoms with van der Waals surface area (Å²) in [5, 5.41) is 0.712. The van der Waals surface area contributed by atoms with Crippen LogP contribution in [-0.4, -0.2) is 42.5 Å². The van der Waals surface area contributed by atoms with Gasteiger partial charge in [-0.2, -0.15) is 0 Å². The summed E-state index contributed by atoms with van der Waals surface area (Å²) in [6, 6.07) is 5.79. The van der Waals surface area contributed by atoms with Crippen molar-refractivity contribution in [1.82, 2.24) is 9.80 Å². The van der Waals surface area contributed by atoms with Crippen LogP contribution in [0.4, 0.5) is 5.69 Å². The first-order chi connectivity index (χ1) is 8.69. The van der Waals surface area contributed by atoms with E-state index in [0.29, 0.717) is 5.02 Å². The molecule has 0 spiro atoms. The molecular weight excluding hydrogens is 246 g/mol. The molecule has 18 heavy (non-hydrogen) atoms. The maximum Gasteiger partial charge on any atom is 0.0426 e. The molecule has 1 aromatic rings. The maximum atomic E-state index is 5.99. The van der Waals surface area contributed by atoms with Crippen LogP contribution in [0.1, 0.15) is 18.9 Å². The zero-order valence-electron chi connectivity index (χ0n) is 11.0. The molecule has 1 heterocycles. The molecule has 0 bridgehead atoms. The SMILES string of the molecule is CCCN1CCN(Cc2ccc(Cl)cc2N)CC1. The molecule has 2 N–H and O–H groups in total. The van der Waals surface area contributed by atoms with Crippen LogP contribution in [0.3, 0.4) is 0 Å². The second kappa shape index (κ2) is 6.41. The molecule has 3 nitrogen and oxygen atoms in total. The lowest BCUT2D eigenvalue weighted by atomic mass is 10.1. The lowest BCUT2D eigenvalue weighted by molar-refractivity contribution is 0.127. The average molecular weight is 268 g/mol. The Hall–Kier alpha value is -0.770. The van der Waals surface area contributed by atoms with Gasteiger partial charge >= 0.3 is 0 Å². The fourth-order valence-electron chi connectivity index (χ4n) is 2.44. The average Bonchev–Trinajstić information content (AvgIpc) is 2.35. The summed E-state index contributed by atoms with van der Waals surface area (Å²) < 4.78 is 0. The van der Waals surface area contributed by atoms with Gasteiger partial charge in [-0.05, 0) is 30.7 Å². The molecule has 1 fully saturated rings. The van der Waals surface area contributed by atoms with Crippen molar-refractivity contribution < 1.29 is 0 Å². The molecule has 0 atom stereocenters. The first-order valence-corrected chi connectivity index (χ1v) is 7.05. The third-order valence-electron chi connectivity index (χ3n) is 3.51. The Labute approximate surface area is 115 Å². The summed E-state index contributed by atoms with van der Waals surface area (Å²) in [5.74, 6) is 0. The minimum atomic E-state index is 0.712. The highest BCUT2D eigenvalue weighted by Crippen LogP contribution is 2.20. The summed E-state index contributed by atoms with van der Waals surface area (Å²) in [7, 11) is 0. The summed E-state index contributed by atoms with van der Waals surface area (Å²) in [4.78, 5) is 4.99. The number of halogens is 1. The summed E-state index contributed by atoms with van der Waals surface area (Å²) in [6.45, 7) is 8.98. The monoisotopic (exact) mass is 267 g/mol. The van der Waals surface area contributed by atoms with Gasteiger partial charge in [0, 0.05) is 43.4 Å². The van der Waals surface area contributed by atoms with Crippen LogP contribution in [0, 0.1) is 0 Å². The Balaban J connectivity index is 1.87. The number of benzene rings is 1. The van der Waals surface area contributed by atoms with E-state index >= 15 is 0 Å². The molecule has 2 rings (SSSR count). The molecule has 0 radical (unpaired) electrons. The molecule has 1 aromatic carbocycles. The zero-order valence-corrected chi connectivity index (χ0v) is 11.8. The zero-order chi connectivity index (χ0) is 13.0. The molecule has 1 aliphatic rings. The van der Waals surface area contributed by atoms with E-state index in [-0.39, 0.29) is 0 Å². The first kappa shape index (κ1) is 13.7. The van der Waals surface area contributed by atoms with Gasteiger partial charge in [-0.3, -0.25) is 4.90 Å². The maximum absolute atomic E-state index is 5.99. The summed E-state index contributed by atoms with van der Waals surface area (Å²) in [6.07, 6.45) is 1.24. The molecule has 1 aliphatic heterocycles. The second-order valence-corrected chi connectivity index (χ2v) is 5.40. The number of hydrogen-bond acceptors (Lipinski definition) is 3. The Morgan fingerprint density at radius 2 is 1.83 bits per heavy atom. The highest BCUT2D eigenvalue weighted by Gasteiger charge is 2.16. The molecule has 0 aromatic heterocycles. The van der Waals surface area contributed by atoms with Gasteiger partial charge in [0.05, 0.1) is 0 Å². The van der Waals surface area contributed by atoms with E-state index in [9.17, 15) is 0 Å². The van der Waals surface area contributed by atoms with E-state index in [1.807, 2.05) is 18.2 Å². The second-order valence-electron chi connectivity index (χ2n) is 4.96. The number of piperazine rings is 1. The quantitative estimate of drug-likeness (QED) is 0.851. The molecule has 4 heteroatoms. The van der Waals surface area contributed by atoms with E-state index < -0.39 is 0 Å². The van der Waals surface area contributed by atoms with Crippen LogP contribution in [0.5, 0.6) is 0 Å². The van der Waals surface area contributed by atoms with Gasteiger partial charge in [0.1, 0.15) is 0 Å². The number of rotatable bonds is 4. The third kappa shape index (κ3) is 3.61. The van der Waals surface area contributed by atoms with Crippen molar-refractivity contribution in [3.8, 4) is 0 Å². The van der Waals surface area contributed by atoms with Crippen LogP contribution in [0.15, 0.2) is 18.2 Å². The molecule has 0 aliphatic carbocycles. The van der Waals surface area contributed by atoms with E-state index in [2.05, 4.69) is 16.7 Å². The van der Waals surface area contributed by atoms with Crippen molar-refractivity contribution >= 4 is 17.3 Å². The van der Waals surface area contributed by atoms with Gasteiger partial charge in [0.25, 0.3) is 0 Å². The van der Waals surface area contributed by atoms with Crippen LogP contribution in [-0.2, 0) is 6.54 Å². The highest BCUT2D eigenvalue weighted by molar-refractivity contribution is 6.30. The van der Waals surface area contributed by atoms with E-state index in [1.54, 1.807) is 0 Å². The number of nitrogens with zero attached hydrogens (tertiary/aromatic N) is 2. The van der Waals surface area contributed by atoms with Gasteiger partial charge in [-0.25, -0.2) is 0 Å². The van der Waals surface area contributed by atoms with Gasteiger partial charge in [-0.15, -0.1) is 0 Å². The lowest BCUT2D eigenvalue weighted by Gasteiger charge is -2.34.